The maximum Gasteiger partial charge on any atom is 0.265 e. The number of anilines is 1. The molecule has 0 aliphatic carbocycles. The van der Waals surface area contributed by atoms with Gasteiger partial charge in [-0.05, 0) is 23.4 Å². The largest absolute Gasteiger partial charge is 0.507 e. The zero-order chi connectivity index (χ0) is 11.7. The minimum absolute atomic E-state index is 0.108. The zero-order valence-corrected chi connectivity index (χ0v) is 10.4. The van der Waals surface area contributed by atoms with Crippen LogP contribution in [-0.2, 0) is 0 Å². The molecule has 6 heteroatoms. The summed E-state index contributed by atoms with van der Waals surface area (Å²) in [6, 6.07) is 5.03. The first-order valence-corrected chi connectivity index (χ1v) is 5.37. The molecule has 0 fully saturated rings. The van der Waals surface area contributed by atoms with Gasteiger partial charge in [-0.2, -0.15) is 4.98 Å². The van der Waals surface area contributed by atoms with Crippen molar-refractivity contribution in [1.82, 2.24) is 10.1 Å². The van der Waals surface area contributed by atoms with Crippen molar-refractivity contribution in [3.63, 3.8) is 0 Å². The van der Waals surface area contributed by atoms with Crippen molar-refractivity contribution >= 4 is 21.9 Å². The summed E-state index contributed by atoms with van der Waals surface area (Å²) in [5.41, 5.74) is 0.509. The number of phenolic OH excluding ortho intramolecular Hbond substituents is 1. The fraction of sp³-hybridized carbons (Fsp3) is 0.200. The maximum absolute atomic E-state index is 9.67. The average Bonchev–Trinajstić information content (AvgIpc) is 2.70. The number of halogens is 1. The number of phenols is 1. The average molecular weight is 284 g/mol. The van der Waals surface area contributed by atoms with Gasteiger partial charge in [0.15, 0.2) is 0 Å². The number of hydrogen-bond donors (Lipinski definition) is 1. The Morgan fingerprint density at radius 2 is 2.12 bits per heavy atom. The van der Waals surface area contributed by atoms with Gasteiger partial charge in [0.05, 0.1) is 5.56 Å². The summed E-state index contributed by atoms with van der Waals surface area (Å²) in [6.45, 7) is 0. The molecule has 1 heterocycles. The van der Waals surface area contributed by atoms with Crippen molar-refractivity contribution in [2.45, 2.75) is 0 Å². The first-order chi connectivity index (χ1) is 7.58. The molecule has 0 unspecified atom stereocenters. The van der Waals surface area contributed by atoms with Crippen LogP contribution in [0.4, 0.5) is 5.95 Å². The van der Waals surface area contributed by atoms with E-state index in [0.717, 1.165) is 4.47 Å². The first-order valence-electron chi connectivity index (χ1n) is 4.58. The highest BCUT2D eigenvalue weighted by molar-refractivity contribution is 9.10. The molecule has 2 rings (SSSR count). The van der Waals surface area contributed by atoms with Gasteiger partial charge in [-0.1, -0.05) is 15.9 Å². The molecule has 0 bridgehead atoms. The van der Waals surface area contributed by atoms with Crippen LogP contribution in [0.15, 0.2) is 27.2 Å². The van der Waals surface area contributed by atoms with Crippen LogP contribution >= 0.6 is 15.9 Å². The molecule has 0 saturated carbocycles. The molecule has 0 radical (unpaired) electrons. The maximum atomic E-state index is 9.67. The van der Waals surface area contributed by atoms with E-state index < -0.39 is 0 Å². The molecule has 0 aliphatic rings. The highest BCUT2D eigenvalue weighted by Crippen LogP contribution is 2.31. The SMILES string of the molecule is CN(C)c1noc(-c2cc(Br)ccc2O)n1. The predicted molar refractivity (Wildman–Crippen MR) is 63.4 cm³/mol. The van der Waals surface area contributed by atoms with Gasteiger partial charge >= 0.3 is 0 Å². The Labute approximate surface area is 101 Å². The molecule has 1 aromatic carbocycles. The van der Waals surface area contributed by atoms with Crippen molar-refractivity contribution in [2.75, 3.05) is 19.0 Å². The summed E-state index contributed by atoms with van der Waals surface area (Å²) in [5.74, 6) is 0.869. The van der Waals surface area contributed by atoms with Crippen molar-refractivity contribution in [2.24, 2.45) is 0 Å². The summed E-state index contributed by atoms with van der Waals surface area (Å²) in [6.07, 6.45) is 0. The number of aromatic hydroxyl groups is 1. The van der Waals surface area contributed by atoms with E-state index in [0.29, 0.717) is 17.4 Å². The fourth-order valence-electron chi connectivity index (χ4n) is 1.19. The summed E-state index contributed by atoms with van der Waals surface area (Å²) < 4.78 is 5.90. The molecule has 0 aliphatic heterocycles. The topological polar surface area (TPSA) is 62.4 Å². The third-order valence-corrected chi connectivity index (χ3v) is 2.50. The van der Waals surface area contributed by atoms with Crippen LogP contribution < -0.4 is 4.90 Å². The van der Waals surface area contributed by atoms with Crippen molar-refractivity contribution in [1.29, 1.82) is 0 Å². The van der Waals surface area contributed by atoms with Crippen LogP contribution in [-0.4, -0.2) is 29.3 Å². The van der Waals surface area contributed by atoms with Crippen LogP contribution in [0.2, 0.25) is 0 Å². The van der Waals surface area contributed by atoms with E-state index >= 15 is 0 Å². The Balaban J connectivity index is 2.46. The molecule has 5 nitrogen and oxygen atoms in total. The summed E-state index contributed by atoms with van der Waals surface area (Å²) in [4.78, 5) is 5.87. The molecule has 84 valence electrons. The molecule has 0 spiro atoms. The van der Waals surface area contributed by atoms with E-state index in [-0.39, 0.29) is 5.75 Å². The van der Waals surface area contributed by atoms with Gasteiger partial charge in [-0.25, -0.2) is 0 Å². The van der Waals surface area contributed by atoms with Gasteiger partial charge in [-0.15, -0.1) is 0 Å². The Bertz CT molecular complexity index is 511. The third kappa shape index (κ3) is 2.01. The summed E-state index contributed by atoms with van der Waals surface area (Å²) >= 11 is 3.32. The lowest BCUT2D eigenvalue weighted by Crippen LogP contribution is -2.10. The Morgan fingerprint density at radius 3 is 2.75 bits per heavy atom. The Kier molecular flexibility index (Phi) is 2.82. The molecule has 2 aromatic rings. The second kappa shape index (κ2) is 4.13. The van der Waals surface area contributed by atoms with Gasteiger partial charge in [0.2, 0.25) is 0 Å². The number of rotatable bonds is 2. The highest BCUT2D eigenvalue weighted by atomic mass is 79.9. The third-order valence-electron chi connectivity index (χ3n) is 2.00. The Hall–Kier alpha value is -1.56. The van der Waals surface area contributed by atoms with Gasteiger partial charge < -0.3 is 14.5 Å². The second-order valence-electron chi connectivity index (χ2n) is 3.46. The smallest absolute Gasteiger partial charge is 0.265 e. The molecule has 0 atom stereocenters. The normalized spacial score (nSPS) is 10.4. The van der Waals surface area contributed by atoms with Crippen LogP contribution in [0.1, 0.15) is 0 Å². The molecule has 1 aromatic heterocycles. The lowest BCUT2D eigenvalue weighted by molar-refractivity contribution is 0.424. The van der Waals surface area contributed by atoms with Gasteiger partial charge in [0.1, 0.15) is 5.75 Å². The van der Waals surface area contributed by atoms with E-state index in [9.17, 15) is 5.11 Å². The first kappa shape index (κ1) is 10.9. The highest BCUT2D eigenvalue weighted by Gasteiger charge is 2.13. The second-order valence-corrected chi connectivity index (χ2v) is 4.37. The van der Waals surface area contributed by atoms with Crippen molar-refractivity contribution in [3.05, 3.63) is 22.7 Å². The summed E-state index contributed by atoms with van der Waals surface area (Å²) in [5, 5.41) is 13.5. The van der Waals surface area contributed by atoms with Crippen molar-refractivity contribution < 1.29 is 9.63 Å². The summed E-state index contributed by atoms with van der Waals surface area (Å²) in [7, 11) is 3.63. The number of aromatic nitrogens is 2. The Morgan fingerprint density at radius 1 is 1.38 bits per heavy atom. The molecular weight excluding hydrogens is 274 g/mol. The van der Waals surface area contributed by atoms with E-state index in [1.165, 1.54) is 0 Å². The number of nitrogens with zero attached hydrogens (tertiary/aromatic N) is 3. The quantitative estimate of drug-likeness (QED) is 0.916. The minimum Gasteiger partial charge on any atom is -0.507 e. The molecule has 16 heavy (non-hydrogen) atoms. The van der Waals surface area contributed by atoms with E-state index in [1.807, 2.05) is 14.1 Å². The molecule has 1 N–H and O–H groups in total. The number of benzene rings is 1. The monoisotopic (exact) mass is 283 g/mol. The van der Waals surface area contributed by atoms with E-state index in [4.69, 9.17) is 4.52 Å². The lowest BCUT2D eigenvalue weighted by atomic mass is 10.2. The predicted octanol–water partition coefficient (Wildman–Crippen LogP) is 2.27. The van der Waals surface area contributed by atoms with Crippen LogP contribution in [0.25, 0.3) is 11.5 Å². The van der Waals surface area contributed by atoms with Crippen LogP contribution in [0.5, 0.6) is 5.75 Å². The van der Waals surface area contributed by atoms with Crippen LogP contribution in [0, 0.1) is 0 Å². The van der Waals surface area contributed by atoms with Gasteiger partial charge in [0, 0.05) is 18.6 Å². The van der Waals surface area contributed by atoms with E-state index in [2.05, 4.69) is 26.1 Å². The van der Waals surface area contributed by atoms with E-state index in [1.54, 1.807) is 23.1 Å². The molecule has 0 amide bonds. The minimum atomic E-state index is 0.108. The molecular formula is C10H10BrN3O2. The van der Waals surface area contributed by atoms with Crippen LogP contribution in [0.3, 0.4) is 0 Å². The molecule has 0 saturated heterocycles. The van der Waals surface area contributed by atoms with Gasteiger partial charge in [0.25, 0.3) is 11.8 Å². The van der Waals surface area contributed by atoms with Gasteiger partial charge in [-0.3, -0.25) is 0 Å². The number of hydrogen-bond acceptors (Lipinski definition) is 5. The van der Waals surface area contributed by atoms with Crippen molar-refractivity contribution in [3.8, 4) is 17.2 Å². The fourth-order valence-corrected chi connectivity index (χ4v) is 1.55. The zero-order valence-electron chi connectivity index (χ0n) is 8.81. The standard InChI is InChI=1S/C10H10BrN3O2/c1-14(2)10-12-9(16-13-10)7-5-6(11)3-4-8(7)15/h3-5,15H,1-2H3. The lowest BCUT2D eigenvalue weighted by Gasteiger charge is -2.02.